The van der Waals surface area contributed by atoms with Gasteiger partial charge in [-0.25, -0.2) is 4.39 Å². The lowest BCUT2D eigenvalue weighted by molar-refractivity contribution is -0.136. The van der Waals surface area contributed by atoms with Crippen LogP contribution in [-0.4, -0.2) is 20.9 Å². The Balaban J connectivity index is 1.71. The molecule has 0 spiro atoms. The maximum Gasteiger partial charge on any atom is 0.307 e. The van der Waals surface area contributed by atoms with E-state index in [1.54, 1.807) is 12.3 Å². The van der Waals surface area contributed by atoms with E-state index < -0.39 is 11.8 Å². The van der Waals surface area contributed by atoms with Crippen LogP contribution in [0.2, 0.25) is 0 Å². The summed E-state index contributed by atoms with van der Waals surface area (Å²) in [7, 11) is 0. The Hall–Kier alpha value is -2.95. The zero-order chi connectivity index (χ0) is 16.9. The van der Waals surface area contributed by atoms with Crippen LogP contribution in [0.15, 0.2) is 60.9 Å². The molecule has 0 aliphatic rings. The number of carbonyl (C=O) groups is 1. The minimum atomic E-state index is -1.05. The average molecular weight is 324 g/mol. The minimum absolute atomic E-state index is 0.183. The molecule has 0 amide bonds. The molecule has 24 heavy (non-hydrogen) atoms. The van der Waals surface area contributed by atoms with E-state index in [-0.39, 0.29) is 12.0 Å². The number of rotatable bonds is 6. The first-order chi connectivity index (χ1) is 11.6. The summed E-state index contributed by atoms with van der Waals surface area (Å²) in [5.41, 5.74) is 2.91. The minimum Gasteiger partial charge on any atom is -0.481 e. The second-order valence-electron chi connectivity index (χ2n) is 5.60. The molecule has 0 radical (unpaired) electrons. The van der Waals surface area contributed by atoms with Crippen LogP contribution in [0.4, 0.5) is 4.39 Å². The lowest BCUT2D eigenvalue weighted by Gasteiger charge is -2.03. The van der Waals surface area contributed by atoms with Gasteiger partial charge < -0.3 is 5.11 Å². The number of aryl methyl sites for hydroxylation is 2. The molecule has 1 aromatic heterocycles. The summed E-state index contributed by atoms with van der Waals surface area (Å²) < 4.78 is 15.8. The van der Waals surface area contributed by atoms with E-state index in [2.05, 4.69) is 17.2 Å². The molecule has 4 nitrogen and oxygen atoms in total. The van der Waals surface area contributed by atoms with E-state index in [0.29, 0.717) is 5.56 Å². The van der Waals surface area contributed by atoms with Crippen LogP contribution in [0.3, 0.4) is 0 Å². The number of aliphatic carboxylic acids is 1. The molecule has 5 heteroatoms. The van der Waals surface area contributed by atoms with E-state index >= 15 is 0 Å². The van der Waals surface area contributed by atoms with Crippen LogP contribution in [0.5, 0.6) is 0 Å². The van der Waals surface area contributed by atoms with Crippen molar-refractivity contribution in [3.8, 4) is 11.1 Å². The van der Waals surface area contributed by atoms with Gasteiger partial charge in [-0.15, -0.1) is 0 Å². The molecule has 0 saturated carbocycles. The van der Waals surface area contributed by atoms with Crippen LogP contribution in [0.25, 0.3) is 11.1 Å². The zero-order valence-electron chi connectivity index (χ0n) is 13.0. The molecule has 0 aliphatic carbocycles. The summed E-state index contributed by atoms with van der Waals surface area (Å²) in [6, 6.07) is 14.7. The van der Waals surface area contributed by atoms with Gasteiger partial charge >= 0.3 is 5.97 Å². The van der Waals surface area contributed by atoms with Crippen LogP contribution in [0, 0.1) is 5.82 Å². The Labute approximate surface area is 139 Å². The van der Waals surface area contributed by atoms with Gasteiger partial charge in [-0.1, -0.05) is 42.5 Å². The molecule has 1 N–H and O–H groups in total. The van der Waals surface area contributed by atoms with Gasteiger partial charge in [0.15, 0.2) is 0 Å². The molecule has 0 unspecified atom stereocenters. The van der Waals surface area contributed by atoms with Crippen molar-refractivity contribution in [2.24, 2.45) is 0 Å². The lowest BCUT2D eigenvalue weighted by atomic mass is 10.0. The van der Waals surface area contributed by atoms with Crippen molar-refractivity contribution in [1.82, 2.24) is 9.78 Å². The van der Waals surface area contributed by atoms with Gasteiger partial charge in [0.05, 0.1) is 12.6 Å². The molecule has 0 atom stereocenters. The van der Waals surface area contributed by atoms with Crippen molar-refractivity contribution in [1.29, 1.82) is 0 Å². The molecule has 0 bridgehead atoms. The molecular weight excluding hydrogens is 307 g/mol. The third-order valence-electron chi connectivity index (χ3n) is 3.83. The van der Waals surface area contributed by atoms with E-state index in [9.17, 15) is 9.18 Å². The summed E-state index contributed by atoms with van der Waals surface area (Å²) in [4.78, 5) is 10.7. The number of hydrogen-bond acceptors (Lipinski definition) is 2. The SMILES string of the molecule is O=C(O)Cc1ccc(-c2cnn(CCc3ccccc3)c2)cc1F. The molecule has 1 heterocycles. The van der Waals surface area contributed by atoms with Crippen LogP contribution in [-0.2, 0) is 24.2 Å². The summed E-state index contributed by atoms with van der Waals surface area (Å²) in [6.07, 6.45) is 4.11. The molecule has 2 aromatic carbocycles. The summed E-state index contributed by atoms with van der Waals surface area (Å²) in [5.74, 6) is -1.55. The molecule has 0 aliphatic heterocycles. The van der Waals surface area contributed by atoms with Gasteiger partial charge in [-0.2, -0.15) is 5.10 Å². The van der Waals surface area contributed by atoms with Crippen molar-refractivity contribution >= 4 is 5.97 Å². The highest BCUT2D eigenvalue weighted by molar-refractivity contribution is 5.71. The van der Waals surface area contributed by atoms with Crippen LogP contribution < -0.4 is 0 Å². The van der Waals surface area contributed by atoms with Crippen molar-refractivity contribution in [3.63, 3.8) is 0 Å². The number of hydrogen-bond donors (Lipinski definition) is 1. The molecule has 0 saturated heterocycles. The first-order valence-electron chi connectivity index (χ1n) is 7.69. The fraction of sp³-hybridized carbons (Fsp3) is 0.158. The Morgan fingerprint density at radius 1 is 1.12 bits per heavy atom. The highest BCUT2D eigenvalue weighted by Gasteiger charge is 2.09. The van der Waals surface area contributed by atoms with E-state index in [0.717, 1.165) is 18.5 Å². The fourth-order valence-corrected chi connectivity index (χ4v) is 2.56. The van der Waals surface area contributed by atoms with Crippen LogP contribution >= 0.6 is 0 Å². The fourth-order valence-electron chi connectivity index (χ4n) is 2.56. The predicted molar refractivity (Wildman–Crippen MR) is 89.1 cm³/mol. The van der Waals surface area contributed by atoms with Crippen molar-refractivity contribution in [3.05, 3.63) is 77.9 Å². The second kappa shape index (κ2) is 7.08. The number of carboxylic acid groups (broad SMARTS) is 1. The molecule has 122 valence electrons. The van der Waals surface area contributed by atoms with Gasteiger partial charge in [0.2, 0.25) is 0 Å². The number of halogens is 1. The monoisotopic (exact) mass is 324 g/mol. The number of nitrogens with zero attached hydrogens (tertiary/aromatic N) is 2. The Bertz CT molecular complexity index is 844. The number of carboxylic acids is 1. The quantitative estimate of drug-likeness (QED) is 0.754. The molecule has 0 fully saturated rings. The molecule has 3 rings (SSSR count). The van der Waals surface area contributed by atoms with Crippen LogP contribution in [0.1, 0.15) is 11.1 Å². The third kappa shape index (κ3) is 3.87. The molecule has 3 aromatic rings. The summed E-state index contributed by atoms with van der Waals surface area (Å²) in [6.45, 7) is 0.740. The van der Waals surface area contributed by atoms with Gasteiger partial charge in [-0.05, 0) is 29.2 Å². The maximum atomic E-state index is 14.0. The second-order valence-corrected chi connectivity index (χ2v) is 5.60. The third-order valence-corrected chi connectivity index (χ3v) is 3.83. The molecular formula is C19H17FN2O2. The Morgan fingerprint density at radius 2 is 1.92 bits per heavy atom. The standard InChI is InChI=1S/C19H17FN2O2/c20-18-10-15(6-7-16(18)11-19(23)24)17-12-21-22(13-17)9-8-14-4-2-1-3-5-14/h1-7,10,12-13H,8-9,11H2,(H,23,24). The summed E-state index contributed by atoms with van der Waals surface area (Å²) in [5, 5.41) is 13.1. The van der Waals surface area contributed by atoms with Crippen molar-refractivity contribution < 1.29 is 14.3 Å². The van der Waals surface area contributed by atoms with Crippen molar-refractivity contribution in [2.45, 2.75) is 19.4 Å². The van der Waals surface area contributed by atoms with Gasteiger partial charge in [0.25, 0.3) is 0 Å². The number of benzene rings is 2. The van der Waals surface area contributed by atoms with Crippen molar-refractivity contribution in [2.75, 3.05) is 0 Å². The van der Waals surface area contributed by atoms with Gasteiger partial charge in [0, 0.05) is 18.3 Å². The van der Waals surface area contributed by atoms with Gasteiger partial charge in [0.1, 0.15) is 5.82 Å². The predicted octanol–water partition coefficient (Wildman–Crippen LogP) is 3.56. The van der Waals surface area contributed by atoms with E-state index in [1.165, 1.54) is 17.7 Å². The van der Waals surface area contributed by atoms with Gasteiger partial charge in [-0.3, -0.25) is 9.48 Å². The van der Waals surface area contributed by atoms with E-state index in [1.807, 2.05) is 29.1 Å². The first-order valence-corrected chi connectivity index (χ1v) is 7.69. The highest BCUT2D eigenvalue weighted by Crippen LogP contribution is 2.22. The highest BCUT2D eigenvalue weighted by atomic mass is 19.1. The Morgan fingerprint density at radius 3 is 2.62 bits per heavy atom. The number of aromatic nitrogens is 2. The zero-order valence-corrected chi connectivity index (χ0v) is 13.0. The van der Waals surface area contributed by atoms with E-state index in [4.69, 9.17) is 5.11 Å². The largest absolute Gasteiger partial charge is 0.481 e. The maximum absolute atomic E-state index is 14.0. The first kappa shape index (κ1) is 15.9. The topological polar surface area (TPSA) is 55.1 Å². The normalized spacial score (nSPS) is 10.7. The summed E-state index contributed by atoms with van der Waals surface area (Å²) >= 11 is 0. The average Bonchev–Trinajstić information content (AvgIpc) is 3.04. The lowest BCUT2D eigenvalue weighted by Crippen LogP contribution is -2.02. The Kier molecular flexibility index (Phi) is 4.70. The smallest absolute Gasteiger partial charge is 0.307 e.